The zero-order chi connectivity index (χ0) is 17.1. The van der Waals surface area contributed by atoms with Gasteiger partial charge in [-0.3, -0.25) is 0 Å². The molecule has 6 heteroatoms. The van der Waals surface area contributed by atoms with E-state index in [-0.39, 0.29) is 5.82 Å². The average Bonchev–Trinajstić information content (AvgIpc) is 3.17. The number of aromatic nitrogens is 1. The van der Waals surface area contributed by atoms with Crippen LogP contribution >= 0.6 is 11.3 Å². The highest BCUT2D eigenvalue weighted by Gasteiger charge is 2.25. The molecule has 1 aliphatic heterocycles. The van der Waals surface area contributed by atoms with E-state index in [2.05, 4.69) is 34.8 Å². The van der Waals surface area contributed by atoms with Crippen molar-refractivity contribution >= 4 is 17.0 Å². The van der Waals surface area contributed by atoms with Crippen LogP contribution in [-0.2, 0) is 6.54 Å². The molecule has 2 aromatic rings. The number of nitrogens with zero attached hydrogens (tertiary/aromatic N) is 4. The second-order valence-electron chi connectivity index (χ2n) is 6.43. The molecule has 4 nitrogen and oxygen atoms in total. The van der Waals surface area contributed by atoms with Gasteiger partial charge in [0.2, 0.25) is 0 Å². The summed E-state index contributed by atoms with van der Waals surface area (Å²) in [7, 11) is 2.14. The van der Waals surface area contributed by atoms with Crippen LogP contribution in [0.1, 0.15) is 22.6 Å². The minimum absolute atomic E-state index is 0.356. The fraction of sp³-hybridized carbons (Fsp3) is 0.444. The lowest BCUT2D eigenvalue weighted by Crippen LogP contribution is -2.28. The molecule has 1 aromatic carbocycles. The zero-order valence-corrected chi connectivity index (χ0v) is 14.8. The van der Waals surface area contributed by atoms with E-state index in [0.29, 0.717) is 11.5 Å². The van der Waals surface area contributed by atoms with Crippen molar-refractivity contribution in [3.63, 3.8) is 0 Å². The Morgan fingerprint density at radius 3 is 3.04 bits per heavy atom. The van der Waals surface area contributed by atoms with Crippen molar-refractivity contribution in [1.82, 2.24) is 9.88 Å². The van der Waals surface area contributed by atoms with Crippen molar-refractivity contribution in [2.45, 2.75) is 19.9 Å². The third-order valence-electron chi connectivity index (χ3n) is 4.53. The summed E-state index contributed by atoms with van der Waals surface area (Å²) in [5.41, 5.74) is 4.28. The third kappa shape index (κ3) is 3.74. The normalized spacial score (nSPS) is 17.5. The molecule has 126 valence electrons. The zero-order valence-electron chi connectivity index (χ0n) is 14.0. The van der Waals surface area contributed by atoms with Crippen LogP contribution in [0.25, 0.3) is 0 Å². The first-order valence-electron chi connectivity index (χ1n) is 8.09. The van der Waals surface area contributed by atoms with Crippen LogP contribution in [0, 0.1) is 30.0 Å². The largest absolute Gasteiger partial charge is 0.370 e. The number of rotatable bonds is 5. The molecule has 0 bridgehead atoms. The number of benzene rings is 1. The molecule has 2 heterocycles. The Balaban J connectivity index is 1.60. The number of thiazole rings is 1. The van der Waals surface area contributed by atoms with Gasteiger partial charge in [-0.2, -0.15) is 5.26 Å². The summed E-state index contributed by atoms with van der Waals surface area (Å²) < 4.78 is 13.3. The summed E-state index contributed by atoms with van der Waals surface area (Å²) in [6.45, 7) is 5.81. The Bertz CT molecular complexity index is 752. The van der Waals surface area contributed by atoms with Crippen LogP contribution in [0.2, 0.25) is 0 Å². The topological polar surface area (TPSA) is 43.2 Å². The van der Waals surface area contributed by atoms with Gasteiger partial charge in [0, 0.05) is 31.1 Å². The standard InChI is InChI=1S/C18H21FN4S/c1-13-18(24-12-21-13)11-22(2)9-14-5-6-23(10-14)17-4-3-16(19)7-15(17)8-20/h3-4,7,12,14H,5-6,9-11H2,1-2H3/t14-/m1/s1. The van der Waals surface area contributed by atoms with Crippen LogP contribution in [0.15, 0.2) is 23.7 Å². The lowest BCUT2D eigenvalue weighted by molar-refractivity contribution is 0.281. The van der Waals surface area contributed by atoms with Crippen LogP contribution in [0.4, 0.5) is 10.1 Å². The molecule has 0 amide bonds. The smallest absolute Gasteiger partial charge is 0.124 e. The van der Waals surface area contributed by atoms with E-state index in [0.717, 1.165) is 44.0 Å². The summed E-state index contributed by atoms with van der Waals surface area (Å²) >= 11 is 1.70. The van der Waals surface area contributed by atoms with Gasteiger partial charge in [-0.15, -0.1) is 11.3 Å². The Labute approximate surface area is 146 Å². The molecule has 1 aliphatic rings. The number of hydrogen-bond acceptors (Lipinski definition) is 5. The van der Waals surface area contributed by atoms with Gasteiger partial charge in [-0.05, 0) is 44.5 Å². The van der Waals surface area contributed by atoms with Crippen molar-refractivity contribution in [3.05, 3.63) is 45.7 Å². The number of nitriles is 1. The van der Waals surface area contributed by atoms with E-state index in [1.165, 1.54) is 17.0 Å². The van der Waals surface area contributed by atoms with Crippen LogP contribution in [0.3, 0.4) is 0 Å². The highest BCUT2D eigenvalue weighted by Crippen LogP contribution is 2.28. The van der Waals surface area contributed by atoms with E-state index in [9.17, 15) is 9.65 Å². The molecule has 1 saturated heterocycles. The van der Waals surface area contributed by atoms with Crippen LogP contribution in [0.5, 0.6) is 0 Å². The molecule has 0 N–H and O–H groups in total. The SMILES string of the molecule is Cc1ncsc1CN(C)C[C@H]1CCN(c2ccc(F)cc2C#N)C1. The van der Waals surface area contributed by atoms with Gasteiger partial charge in [-0.1, -0.05) is 0 Å². The lowest BCUT2D eigenvalue weighted by Gasteiger charge is -2.22. The van der Waals surface area contributed by atoms with Gasteiger partial charge in [0.15, 0.2) is 0 Å². The first-order valence-corrected chi connectivity index (χ1v) is 8.97. The van der Waals surface area contributed by atoms with Crippen LogP contribution in [-0.4, -0.2) is 36.6 Å². The van der Waals surface area contributed by atoms with Gasteiger partial charge in [0.25, 0.3) is 0 Å². The molecule has 0 spiro atoms. The molecule has 0 unspecified atom stereocenters. The summed E-state index contributed by atoms with van der Waals surface area (Å²) in [4.78, 5) is 10.2. The fourth-order valence-corrected chi connectivity index (χ4v) is 4.16. The minimum atomic E-state index is -0.356. The molecule has 3 rings (SSSR count). The Morgan fingerprint density at radius 1 is 1.50 bits per heavy atom. The number of halogens is 1. The Morgan fingerprint density at radius 2 is 2.33 bits per heavy atom. The first-order chi connectivity index (χ1) is 11.6. The van der Waals surface area contributed by atoms with Crippen molar-refractivity contribution < 1.29 is 4.39 Å². The van der Waals surface area contributed by atoms with Crippen LogP contribution < -0.4 is 4.90 Å². The predicted molar refractivity (Wildman–Crippen MR) is 94.6 cm³/mol. The summed E-state index contributed by atoms with van der Waals surface area (Å²) in [6.07, 6.45) is 1.09. The second kappa shape index (κ2) is 7.29. The van der Waals surface area contributed by atoms with Gasteiger partial charge in [0.1, 0.15) is 11.9 Å². The second-order valence-corrected chi connectivity index (χ2v) is 7.37. The minimum Gasteiger partial charge on any atom is -0.370 e. The summed E-state index contributed by atoms with van der Waals surface area (Å²) in [5, 5.41) is 9.23. The number of anilines is 1. The van der Waals surface area contributed by atoms with E-state index in [1.807, 2.05) is 5.51 Å². The number of aryl methyl sites for hydroxylation is 1. The monoisotopic (exact) mass is 344 g/mol. The summed E-state index contributed by atoms with van der Waals surface area (Å²) in [6, 6.07) is 6.58. The van der Waals surface area contributed by atoms with Gasteiger partial charge in [0.05, 0.1) is 22.5 Å². The quantitative estimate of drug-likeness (QED) is 0.833. The molecule has 24 heavy (non-hydrogen) atoms. The highest BCUT2D eigenvalue weighted by atomic mass is 32.1. The van der Waals surface area contributed by atoms with E-state index < -0.39 is 0 Å². The third-order valence-corrected chi connectivity index (χ3v) is 5.45. The molecule has 0 radical (unpaired) electrons. The molecule has 1 aromatic heterocycles. The maximum absolute atomic E-state index is 13.3. The molecular weight excluding hydrogens is 323 g/mol. The van der Waals surface area contributed by atoms with E-state index in [4.69, 9.17) is 0 Å². The Kier molecular flexibility index (Phi) is 5.12. The summed E-state index contributed by atoms with van der Waals surface area (Å²) in [5.74, 6) is 0.200. The molecule has 0 aliphatic carbocycles. The number of hydrogen-bond donors (Lipinski definition) is 0. The Hall–Kier alpha value is -1.97. The molecular formula is C18H21FN4S. The predicted octanol–water partition coefficient (Wildman–Crippen LogP) is 3.42. The molecule has 1 fully saturated rings. The highest BCUT2D eigenvalue weighted by molar-refractivity contribution is 7.09. The van der Waals surface area contributed by atoms with E-state index >= 15 is 0 Å². The van der Waals surface area contributed by atoms with E-state index in [1.54, 1.807) is 17.4 Å². The molecule has 1 atom stereocenters. The van der Waals surface area contributed by atoms with Gasteiger partial charge < -0.3 is 9.80 Å². The van der Waals surface area contributed by atoms with Crippen molar-refractivity contribution in [2.24, 2.45) is 5.92 Å². The average molecular weight is 344 g/mol. The van der Waals surface area contributed by atoms with Crippen molar-refractivity contribution in [1.29, 1.82) is 5.26 Å². The molecule has 0 saturated carbocycles. The fourth-order valence-electron chi connectivity index (χ4n) is 3.30. The van der Waals surface area contributed by atoms with Crippen molar-refractivity contribution in [3.8, 4) is 6.07 Å². The first kappa shape index (κ1) is 16.9. The maximum atomic E-state index is 13.3. The maximum Gasteiger partial charge on any atom is 0.124 e. The van der Waals surface area contributed by atoms with Crippen molar-refractivity contribution in [2.75, 3.05) is 31.6 Å². The lowest BCUT2D eigenvalue weighted by atomic mass is 10.1. The van der Waals surface area contributed by atoms with Gasteiger partial charge >= 0.3 is 0 Å². The van der Waals surface area contributed by atoms with Gasteiger partial charge in [-0.25, -0.2) is 9.37 Å².